The van der Waals surface area contributed by atoms with Gasteiger partial charge in [-0.15, -0.1) is 0 Å². The van der Waals surface area contributed by atoms with Crippen molar-refractivity contribution in [1.82, 2.24) is 20.5 Å². The van der Waals surface area contributed by atoms with E-state index in [1.54, 1.807) is 29.7 Å². The molecule has 10 nitrogen and oxygen atoms in total. The minimum Gasteiger partial charge on any atom is -0.508 e. The van der Waals surface area contributed by atoms with Crippen molar-refractivity contribution in [3.05, 3.63) is 35.2 Å². The maximum Gasteiger partial charge on any atom is 0.276 e. The van der Waals surface area contributed by atoms with E-state index in [9.17, 15) is 19.8 Å². The SMILES string of the molecule is CCNC(=O)c1noc(-c2cc(C(C)C)c(O)cc2O)c1-c1cc(C(=O)N2CCSCC2)no1. The molecular weight excluding hydrogens is 460 g/mol. The minimum atomic E-state index is -0.507. The quantitative estimate of drug-likeness (QED) is 0.477. The van der Waals surface area contributed by atoms with E-state index in [-0.39, 0.29) is 57.4 Å². The van der Waals surface area contributed by atoms with E-state index in [1.807, 2.05) is 13.8 Å². The van der Waals surface area contributed by atoms with Crippen LogP contribution in [-0.2, 0) is 0 Å². The molecule has 1 aliphatic heterocycles. The van der Waals surface area contributed by atoms with Gasteiger partial charge < -0.3 is 29.5 Å². The fourth-order valence-corrected chi connectivity index (χ4v) is 4.67. The molecule has 3 heterocycles. The molecule has 0 unspecified atom stereocenters. The fraction of sp³-hybridized carbons (Fsp3) is 0.391. The second kappa shape index (κ2) is 9.80. The van der Waals surface area contributed by atoms with Gasteiger partial charge in [0.1, 0.15) is 17.1 Å². The van der Waals surface area contributed by atoms with E-state index in [1.165, 1.54) is 12.1 Å². The van der Waals surface area contributed by atoms with Crippen LogP contribution in [0.25, 0.3) is 22.6 Å². The normalized spacial score (nSPS) is 13.9. The molecule has 2 amide bonds. The fourth-order valence-electron chi connectivity index (χ4n) is 3.76. The third kappa shape index (κ3) is 4.47. The summed E-state index contributed by atoms with van der Waals surface area (Å²) in [6.07, 6.45) is 0. The summed E-state index contributed by atoms with van der Waals surface area (Å²) < 4.78 is 11.0. The molecule has 0 aliphatic carbocycles. The summed E-state index contributed by atoms with van der Waals surface area (Å²) in [6, 6.07) is 4.24. The zero-order valence-electron chi connectivity index (χ0n) is 19.1. The standard InChI is InChI=1S/C23H26N4O6S/c1-4-24-22(30)20-19(18-10-15(25-32-18)23(31)27-5-7-34-8-6-27)21(33-26-20)14-9-13(12(2)3)16(28)11-17(14)29/h9-12,28-29H,4-8H2,1-3H3,(H,24,30). The molecule has 0 saturated carbocycles. The van der Waals surface area contributed by atoms with Crippen molar-refractivity contribution < 1.29 is 28.8 Å². The number of phenolic OH excluding ortho intramolecular Hbond substituents is 2. The average molecular weight is 487 g/mol. The molecule has 0 radical (unpaired) electrons. The first-order chi connectivity index (χ1) is 16.3. The lowest BCUT2D eigenvalue weighted by Gasteiger charge is -2.25. The second-order valence-electron chi connectivity index (χ2n) is 8.16. The lowest BCUT2D eigenvalue weighted by atomic mass is 9.95. The van der Waals surface area contributed by atoms with Gasteiger partial charge >= 0.3 is 0 Å². The first-order valence-electron chi connectivity index (χ1n) is 11.0. The monoisotopic (exact) mass is 486 g/mol. The van der Waals surface area contributed by atoms with E-state index >= 15 is 0 Å². The number of aromatic hydroxyl groups is 2. The number of rotatable bonds is 6. The van der Waals surface area contributed by atoms with Crippen LogP contribution in [0.3, 0.4) is 0 Å². The van der Waals surface area contributed by atoms with Gasteiger partial charge in [-0.25, -0.2) is 0 Å². The molecule has 0 bridgehead atoms. The Balaban J connectivity index is 1.82. The number of nitrogens with one attached hydrogen (secondary N) is 1. The molecule has 1 aromatic carbocycles. The first-order valence-corrected chi connectivity index (χ1v) is 12.2. The van der Waals surface area contributed by atoms with Crippen molar-refractivity contribution in [2.75, 3.05) is 31.1 Å². The van der Waals surface area contributed by atoms with Crippen LogP contribution >= 0.6 is 11.8 Å². The molecule has 3 aromatic rings. The van der Waals surface area contributed by atoms with Gasteiger partial charge in [0.15, 0.2) is 22.9 Å². The molecule has 0 atom stereocenters. The Kier molecular flexibility index (Phi) is 6.82. The van der Waals surface area contributed by atoms with E-state index in [4.69, 9.17) is 9.05 Å². The summed E-state index contributed by atoms with van der Waals surface area (Å²) in [4.78, 5) is 27.3. The van der Waals surface area contributed by atoms with Gasteiger partial charge in [-0.3, -0.25) is 9.59 Å². The molecule has 1 fully saturated rings. The summed E-state index contributed by atoms with van der Waals surface area (Å²) >= 11 is 1.78. The number of aromatic nitrogens is 2. The number of hydrogen-bond acceptors (Lipinski definition) is 9. The lowest BCUT2D eigenvalue weighted by Crippen LogP contribution is -2.38. The van der Waals surface area contributed by atoms with Crippen LogP contribution in [0.5, 0.6) is 11.5 Å². The Bertz CT molecular complexity index is 1210. The molecule has 180 valence electrons. The zero-order chi connectivity index (χ0) is 24.4. The van der Waals surface area contributed by atoms with Crippen molar-refractivity contribution in [3.63, 3.8) is 0 Å². The highest BCUT2D eigenvalue weighted by atomic mass is 32.2. The van der Waals surface area contributed by atoms with Gasteiger partial charge in [0.25, 0.3) is 11.8 Å². The van der Waals surface area contributed by atoms with Crippen LogP contribution in [0.4, 0.5) is 0 Å². The molecule has 3 N–H and O–H groups in total. The third-order valence-electron chi connectivity index (χ3n) is 5.53. The van der Waals surface area contributed by atoms with Crippen LogP contribution in [0, 0.1) is 0 Å². The Morgan fingerprint density at radius 1 is 1.12 bits per heavy atom. The smallest absolute Gasteiger partial charge is 0.276 e. The number of hydrogen-bond donors (Lipinski definition) is 3. The van der Waals surface area contributed by atoms with Gasteiger partial charge in [0.05, 0.1) is 5.56 Å². The predicted octanol–water partition coefficient (Wildman–Crippen LogP) is 3.47. The number of carbonyl (C=O) groups is 2. The number of nitrogens with zero attached hydrogens (tertiary/aromatic N) is 3. The van der Waals surface area contributed by atoms with Gasteiger partial charge in [-0.1, -0.05) is 24.2 Å². The highest BCUT2D eigenvalue weighted by Gasteiger charge is 2.31. The van der Waals surface area contributed by atoms with Crippen molar-refractivity contribution >= 4 is 23.6 Å². The highest BCUT2D eigenvalue weighted by molar-refractivity contribution is 7.99. The van der Waals surface area contributed by atoms with Crippen LogP contribution in [-0.4, -0.2) is 68.4 Å². The van der Waals surface area contributed by atoms with Crippen LogP contribution in [0.2, 0.25) is 0 Å². The van der Waals surface area contributed by atoms with Crippen molar-refractivity contribution in [3.8, 4) is 34.1 Å². The molecule has 0 spiro atoms. The minimum absolute atomic E-state index is 0.0502. The van der Waals surface area contributed by atoms with E-state index in [2.05, 4.69) is 15.6 Å². The summed E-state index contributed by atoms with van der Waals surface area (Å²) in [5.74, 6) is 0.728. The van der Waals surface area contributed by atoms with Gasteiger partial charge in [-0.05, 0) is 24.5 Å². The Morgan fingerprint density at radius 2 is 1.85 bits per heavy atom. The summed E-state index contributed by atoms with van der Waals surface area (Å²) in [5, 5.41) is 31.3. The number of phenols is 2. The van der Waals surface area contributed by atoms with Gasteiger partial charge in [-0.2, -0.15) is 11.8 Å². The third-order valence-corrected chi connectivity index (χ3v) is 6.47. The average Bonchev–Trinajstić information content (AvgIpc) is 3.46. The van der Waals surface area contributed by atoms with Crippen LogP contribution in [0.15, 0.2) is 27.2 Å². The molecule has 11 heteroatoms. The summed E-state index contributed by atoms with van der Waals surface area (Å²) in [7, 11) is 0. The number of carbonyl (C=O) groups excluding carboxylic acids is 2. The van der Waals surface area contributed by atoms with Gasteiger partial charge in [0.2, 0.25) is 0 Å². The van der Waals surface area contributed by atoms with E-state index < -0.39 is 5.91 Å². The highest BCUT2D eigenvalue weighted by Crippen LogP contribution is 2.43. The molecule has 4 rings (SSSR count). The van der Waals surface area contributed by atoms with E-state index in [0.717, 1.165) is 11.5 Å². The van der Waals surface area contributed by atoms with Crippen LogP contribution < -0.4 is 5.32 Å². The Labute approximate surface area is 200 Å². The number of thioether (sulfide) groups is 1. The zero-order valence-corrected chi connectivity index (χ0v) is 19.9. The van der Waals surface area contributed by atoms with Crippen molar-refractivity contribution in [1.29, 1.82) is 0 Å². The second-order valence-corrected chi connectivity index (χ2v) is 9.38. The first kappa shape index (κ1) is 23.7. The molecule has 2 aromatic heterocycles. The lowest BCUT2D eigenvalue weighted by molar-refractivity contribution is 0.0761. The van der Waals surface area contributed by atoms with Gasteiger partial charge in [0, 0.05) is 43.3 Å². The van der Waals surface area contributed by atoms with Crippen molar-refractivity contribution in [2.24, 2.45) is 0 Å². The predicted molar refractivity (Wildman–Crippen MR) is 126 cm³/mol. The summed E-state index contributed by atoms with van der Waals surface area (Å²) in [6.45, 7) is 7.15. The maximum absolute atomic E-state index is 12.9. The number of benzene rings is 1. The maximum atomic E-state index is 12.9. The number of amides is 2. The topological polar surface area (TPSA) is 142 Å². The molecule has 1 saturated heterocycles. The largest absolute Gasteiger partial charge is 0.508 e. The Morgan fingerprint density at radius 3 is 2.53 bits per heavy atom. The summed E-state index contributed by atoms with van der Waals surface area (Å²) in [5.41, 5.74) is 0.985. The molecular formula is C23H26N4O6S. The molecule has 34 heavy (non-hydrogen) atoms. The Hall–Kier alpha value is -3.47. The van der Waals surface area contributed by atoms with E-state index in [0.29, 0.717) is 25.2 Å². The molecule has 1 aliphatic rings. The van der Waals surface area contributed by atoms with Crippen molar-refractivity contribution in [2.45, 2.75) is 26.7 Å². The van der Waals surface area contributed by atoms with Crippen LogP contribution in [0.1, 0.15) is 53.2 Å².